The highest BCUT2D eigenvalue weighted by Crippen LogP contribution is 2.38. The van der Waals surface area contributed by atoms with E-state index in [1.54, 1.807) is 11.8 Å². The molecule has 0 saturated heterocycles. The molecule has 1 aliphatic rings. The molecule has 2 heterocycles. The zero-order valence-corrected chi connectivity index (χ0v) is 13.7. The molecule has 0 saturated carbocycles. The van der Waals surface area contributed by atoms with Crippen LogP contribution in [0.1, 0.15) is 11.6 Å². The van der Waals surface area contributed by atoms with Crippen molar-refractivity contribution < 1.29 is 4.79 Å². The van der Waals surface area contributed by atoms with Gasteiger partial charge in [-0.1, -0.05) is 24.3 Å². The summed E-state index contributed by atoms with van der Waals surface area (Å²) in [5.74, 6) is -0.610. The molecular weight excluding hydrogens is 320 g/mol. The smallest absolute Gasteiger partial charge is 0.246 e. The van der Waals surface area contributed by atoms with E-state index in [9.17, 15) is 10.1 Å². The SMILES string of the molecule is CSc1ccc([C@@H]2[C@H](C#N)C(=O)Nc3nc4ccccc4n32)cc1. The van der Waals surface area contributed by atoms with Crippen molar-refractivity contribution in [3.05, 3.63) is 54.1 Å². The summed E-state index contributed by atoms with van der Waals surface area (Å²) in [5, 5.41) is 12.3. The molecule has 0 aliphatic carbocycles. The third kappa shape index (κ3) is 2.17. The number of hydrogen-bond donors (Lipinski definition) is 1. The Bertz CT molecular complexity index is 971. The Morgan fingerprint density at radius 1 is 1.21 bits per heavy atom. The second-order valence-electron chi connectivity index (χ2n) is 5.61. The summed E-state index contributed by atoms with van der Waals surface area (Å²) in [4.78, 5) is 18.0. The van der Waals surface area contributed by atoms with Crippen LogP contribution < -0.4 is 5.32 Å². The minimum absolute atomic E-state index is 0.306. The topological polar surface area (TPSA) is 70.7 Å². The fourth-order valence-electron chi connectivity index (χ4n) is 3.17. The number of imidazole rings is 1. The quantitative estimate of drug-likeness (QED) is 0.729. The second kappa shape index (κ2) is 5.69. The highest BCUT2D eigenvalue weighted by Gasteiger charge is 2.38. The van der Waals surface area contributed by atoms with E-state index in [0.29, 0.717) is 5.95 Å². The Kier molecular flexibility index (Phi) is 3.51. The van der Waals surface area contributed by atoms with Crippen LogP contribution in [0.3, 0.4) is 0 Å². The maximum Gasteiger partial charge on any atom is 0.246 e. The molecule has 1 aliphatic heterocycles. The number of benzene rings is 2. The minimum Gasteiger partial charge on any atom is -0.300 e. The van der Waals surface area contributed by atoms with Crippen LogP contribution >= 0.6 is 11.8 Å². The number of carbonyl (C=O) groups is 1. The number of nitriles is 1. The average Bonchev–Trinajstić information content (AvgIpc) is 2.98. The normalized spacial score (nSPS) is 19.6. The number of carbonyl (C=O) groups excluding carboxylic acids is 1. The van der Waals surface area contributed by atoms with Crippen molar-refractivity contribution in [1.82, 2.24) is 9.55 Å². The van der Waals surface area contributed by atoms with Gasteiger partial charge in [0.2, 0.25) is 11.9 Å². The molecule has 0 spiro atoms. The monoisotopic (exact) mass is 334 g/mol. The lowest BCUT2D eigenvalue weighted by Gasteiger charge is -2.30. The number of thioether (sulfide) groups is 1. The molecule has 2 aromatic carbocycles. The number of aromatic nitrogens is 2. The van der Waals surface area contributed by atoms with Crippen LogP contribution in [0.5, 0.6) is 0 Å². The van der Waals surface area contributed by atoms with Crippen LogP contribution in [0.25, 0.3) is 11.0 Å². The number of nitrogens with one attached hydrogen (secondary N) is 1. The molecule has 0 fully saturated rings. The molecule has 0 radical (unpaired) electrons. The van der Waals surface area contributed by atoms with Crippen LogP contribution in [0.4, 0.5) is 5.95 Å². The molecule has 1 aromatic heterocycles. The predicted molar refractivity (Wildman–Crippen MR) is 93.8 cm³/mol. The first kappa shape index (κ1) is 14.8. The molecular formula is C18H14N4OS. The Labute approximate surface area is 143 Å². The summed E-state index contributed by atoms with van der Waals surface area (Å²) in [5.41, 5.74) is 2.64. The lowest BCUT2D eigenvalue weighted by atomic mass is 9.91. The van der Waals surface area contributed by atoms with Crippen LogP contribution in [0.15, 0.2) is 53.4 Å². The van der Waals surface area contributed by atoms with Gasteiger partial charge in [0.05, 0.1) is 23.1 Å². The fraction of sp³-hybridized carbons (Fsp3) is 0.167. The average molecular weight is 334 g/mol. The molecule has 118 valence electrons. The zero-order chi connectivity index (χ0) is 16.7. The summed E-state index contributed by atoms with van der Waals surface area (Å²) < 4.78 is 1.96. The van der Waals surface area contributed by atoms with Crippen molar-refractivity contribution in [2.24, 2.45) is 5.92 Å². The van der Waals surface area contributed by atoms with Crippen molar-refractivity contribution in [2.45, 2.75) is 10.9 Å². The molecule has 5 nitrogen and oxygen atoms in total. The Balaban J connectivity index is 1.95. The van der Waals surface area contributed by atoms with Crippen molar-refractivity contribution in [3.63, 3.8) is 0 Å². The summed E-state index contributed by atoms with van der Waals surface area (Å²) >= 11 is 1.66. The first-order chi connectivity index (χ1) is 11.7. The largest absolute Gasteiger partial charge is 0.300 e. The maximum absolute atomic E-state index is 12.4. The van der Waals surface area contributed by atoms with Gasteiger partial charge in [-0.15, -0.1) is 11.8 Å². The zero-order valence-electron chi connectivity index (χ0n) is 12.9. The van der Waals surface area contributed by atoms with E-state index in [2.05, 4.69) is 16.4 Å². The van der Waals surface area contributed by atoms with Crippen LogP contribution in [-0.2, 0) is 4.79 Å². The minimum atomic E-state index is -0.796. The van der Waals surface area contributed by atoms with E-state index in [1.165, 1.54) is 0 Å². The van der Waals surface area contributed by atoms with Gasteiger partial charge in [-0.2, -0.15) is 5.26 Å². The molecule has 0 unspecified atom stereocenters. The van der Waals surface area contributed by atoms with E-state index in [1.807, 2.05) is 59.4 Å². The van der Waals surface area contributed by atoms with Gasteiger partial charge in [-0.3, -0.25) is 10.1 Å². The third-order valence-electron chi connectivity index (χ3n) is 4.30. The Hall–Kier alpha value is -2.78. The van der Waals surface area contributed by atoms with E-state index >= 15 is 0 Å². The lowest BCUT2D eigenvalue weighted by Crippen LogP contribution is -2.37. The van der Waals surface area contributed by atoms with E-state index in [-0.39, 0.29) is 11.9 Å². The standard InChI is InChI=1S/C18H14N4OS/c1-24-12-8-6-11(7-9-12)16-13(10-19)17(23)21-18-20-14-4-2-3-5-15(14)22(16)18/h2-9,13,16H,1H3,(H,20,21,23)/t13-,16+/m0/s1. The van der Waals surface area contributed by atoms with Gasteiger partial charge in [0, 0.05) is 4.90 Å². The van der Waals surface area contributed by atoms with Crippen LogP contribution in [-0.4, -0.2) is 21.7 Å². The molecule has 6 heteroatoms. The highest BCUT2D eigenvalue weighted by molar-refractivity contribution is 7.98. The molecule has 1 N–H and O–H groups in total. The Morgan fingerprint density at radius 3 is 2.67 bits per heavy atom. The number of hydrogen-bond acceptors (Lipinski definition) is 4. The van der Waals surface area contributed by atoms with E-state index in [0.717, 1.165) is 21.5 Å². The molecule has 0 bridgehead atoms. The van der Waals surface area contributed by atoms with Crippen molar-refractivity contribution in [3.8, 4) is 6.07 Å². The van der Waals surface area contributed by atoms with Gasteiger partial charge in [0.1, 0.15) is 0 Å². The van der Waals surface area contributed by atoms with Gasteiger partial charge in [0.15, 0.2) is 5.92 Å². The highest BCUT2D eigenvalue weighted by atomic mass is 32.2. The number of amides is 1. The first-order valence-electron chi connectivity index (χ1n) is 7.54. The van der Waals surface area contributed by atoms with Gasteiger partial charge in [-0.05, 0) is 36.1 Å². The van der Waals surface area contributed by atoms with Crippen molar-refractivity contribution in [2.75, 3.05) is 11.6 Å². The molecule has 3 aromatic rings. The van der Waals surface area contributed by atoms with Crippen LogP contribution in [0.2, 0.25) is 0 Å². The van der Waals surface area contributed by atoms with Gasteiger partial charge in [0.25, 0.3) is 0 Å². The summed E-state index contributed by atoms with van der Waals surface area (Å²) in [6.07, 6.45) is 2.02. The summed E-state index contributed by atoms with van der Waals surface area (Å²) in [6.45, 7) is 0. The number of nitrogens with zero attached hydrogens (tertiary/aromatic N) is 3. The first-order valence-corrected chi connectivity index (χ1v) is 8.77. The fourth-order valence-corrected chi connectivity index (χ4v) is 3.57. The summed E-state index contributed by atoms with van der Waals surface area (Å²) in [7, 11) is 0. The van der Waals surface area contributed by atoms with Gasteiger partial charge < -0.3 is 4.57 Å². The van der Waals surface area contributed by atoms with E-state index < -0.39 is 5.92 Å². The summed E-state index contributed by atoms with van der Waals surface area (Å²) in [6, 6.07) is 17.5. The van der Waals surface area contributed by atoms with Gasteiger partial charge in [-0.25, -0.2) is 4.98 Å². The number of para-hydroxylation sites is 2. The van der Waals surface area contributed by atoms with Gasteiger partial charge >= 0.3 is 0 Å². The third-order valence-corrected chi connectivity index (χ3v) is 5.05. The second-order valence-corrected chi connectivity index (χ2v) is 6.49. The Morgan fingerprint density at radius 2 is 1.96 bits per heavy atom. The molecule has 1 amide bonds. The molecule has 2 atom stereocenters. The van der Waals surface area contributed by atoms with Crippen molar-refractivity contribution in [1.29, 1.82) is 5.26 Å². The molecule has 24 heavy (non-hydrogen) atoms. The number of rotatable bonds is 2. The van der Waals surface area contributed by atoms with Crippen molar-refractivity contribution >= 4 is 34.7 Å². The number of fused-ring (bicyclic) bond motifs is 3. The van der Waals surface area contributed by atoms with Crippen LogP contribution in [0, 0.1) is 17.2 Å². The number of anilines is 1. The lowest BCUT2D eigenvalue weighted by molar-refractivity contribution is -0.119. The maximum atomic E-state index is 12.4. The molecule has 4 rings (SSSR count). The van der Waals surface area contributed by atoms with E-state index in [4.69, 9.17) is 0 Å². The predicted octanol–water partition coefficient (Wildman–Crippen LogP) is 3.44.